The topological polar surface area (TPSA) is 41.1 Å². The molecule has 0 saturated heterocycles. The number of amides is 2. The Morgan fingerprint density at radius 3 is 2.55 bits per heavy atom. The standard InChI is InChI=1S/C15H14ClFN2O/c16-12-6-2-1-5-11(12)9-10-18-15(20)19-14-8-4-3-7-13(14)17/h1-8H,9-10H2,(H2,18,19,20). The maximum absolute atomic E-state index is 13.3. The van der Waals surface area contributed by atoms with E-state index in [9.17, 15) is 9.18 Å². The fraction of sp³-hybridized carbons (Fsp3) is 0.133. The number of benzene rings is 2. The molecular weight excluding hydrogens is 279 g/mol. The molecule has 0 atom stereocenters. The molecule has 2 aromatic carbocycles. The van der Waals surface area contributed by atoms with Gasteiger partial charge in [0.05, 0.1) is 5.69 Å². The van der Waals surface area contributed by atoms with Gasteiger partial charge < -0.3 is 10.6 Å². The SMILES string of the molecule is O=C(NCCc1ccccc1Cl)Nc1ccccc1F. The molecule has 104 valence electrons. The highest BCUT2D eigenvalue weighted by Crippen LogP contribution is 2.15. The van der Waals surface area contributed by atoms with E-state index in [4.69, 9.17) is 11.6 Å². The summed E-state index contributed by atoms with van der Waals surface area (Å²) in [4.78, 5) is 11.6. The van der Waals surface area contributed by atoms with E-state index < -0.39 is 11.8 Å². The Balaban J connectivity index is 1.82. The van der Waals surface area contributed by atoms with Gasteiger partial charge in [-0.3, -0.25) is 0 Å². The minimum Gasteiger partial charge on any atom is -0.338 e. The Hall–Kier alpha value is -2.07. The molecule has 0 aliphatic carbocycles. The van der Waals surface area contributed by atoms with Crippen molar-refractivity contribution in [3.8, 4) is 0 Å². The van der Waals surface area contributed by atoms with Gasteiger partial charge in [-0.15, -0.1) is 0 Å². The number of carbonyl (C=O) groups excluding carboxylic acids is 1. The second kappa shape index (κ2) is 6.91. The second-order valence-electron chi connectivity index (χ2n) is 4.20. The van der Waals surface area contributed by atoms with E-state index in [-0.39, 0.29) is 5.69 Å². The molecule has 0 fully saturated rings. The predicted octanol–water partition coefficient (Wildman–Crippen LogP) is 3.84. The quantitative estimate of drug-likeness (QED) is 0.883. The number of para-hydroxylation sites is 1. The van der Waals surface area contributed by atoms with Gasteiger partial charge in [0.1, 0.15) is 5.82 Å². The largest absolute Gasteiger partial charge is 0.338 e. The van der Waals surface area contributed by atoms with E-state index in [0.717, 1.165) is 5.56 Å². The molecule has 0 heterocycles. The average Bonchev–Trinajstić information content (AvgIpc) is 2.43. The number of hydrogen-bond donors (Lipinski definition) is 2. The third-order valence-corrected chi connectivity index (χ3v) is 3.13. The highest BCUT2D eigenvalue weighted by Gasteiger charge is 2.05. The van der Waals surface area contributed by atoms with Gasteiger partial charge >= 0.3 is 6.03 Å². The lowest BCUT2D eigenvalue weighted by Gasteiger charge is -2.09. The van der Waals surface area contributed by atoms with Gasteiger partial charge in [-0.05, 0) is 30.2 Å². The lowest BCUT2D eigenvalue weighted by Crippen LogP contribution is -2.30. The number of carbonyl (C=O) groups is 1. The summed E-state index contributed by atoms with van der Waals surface area (Å²) >= 11 is 6.01. The first-order valence-electron chi connectivity index (χ1n) is 6.19. The molecule has 0 aliphatic heterocycles. The zero-order valence-electron chi connectivity index (χ0n) is 10.7. The molecule has 20 heavy (non-hydrogen) atoms. The van der Waals surface area contributed by atoms with Gasteiger partial charge in [-0.25, -0.2) is 9.18 Å². The molecule has 2 N–H and O–H groups in total. The van der Waals surface area contributed by atoms with Crippen LogP contribution < -0.4 is 10.6 Å². The molecule has 2 aromatic rings. The molecular formula is C15H14ClFN2O. The van der Waals surface area contributed by atoms with Crippen molar-refractivity contribution in [2.75, 3.05) is 11.9 Å². The third-order valence-electron chi connectivity index (χ3n) is 2.76. The van der Waals surface area contributed by atoms with Crippen LogP contribution in [0.25, 0.3) is 0 Å². The molecule has 3 nitrogen and oxygen atoms in total. The Kier molecular flexibility index (Phi) is 4.96. The van der Waals surface area contributed by atoms with Crippen molar-refractivity contribution in [3.05, 3.63) is 64.9 Å². The lowest BCUT2D eigenvalue weighted by atomic mass is 10.1. The molecule has 2 rings (SSSR count). The minimum atomic E-state index is -0.464. The predicted molar refractivity (Wildman–Crippen MR) is 78.6 cm³/mol. The molecule has 0 aromatic heterocycles. The van der Waals surface area contributed by atoms with Crippen LogP contribution in [0.3, 0.4) is 0 Å². The summed E-state index contributed by atoms with van der Waals surface area (Å²) in [7, 11) is 0. The molecule has 0 bridgehead atoms. The zero-order chi connectivity index (χ0) is 14.4. The number of anilines is 1. The normalized spacial score (nSPS) is 10.1. The maximum Gasteiger partial charge on any atom is 0.319 e. The zero-order valence-corrected chi connectivity index (χ0v) is 11.5. The Bertz CT molecular complexity index is 604. The number of urea groups is 1. The monoisotopic (exact) mass is 292 g/mol. The summed E-state index contributed by atoms with van der Waals surface area (Å²) in [5.41, 5.74) is 1.11. The first kappa shape index (κ1) is 14.3. The van der Waals surface area contributed by atoms with Gasteiger partial charge in [0.15, 0.2) is 0 Å². The third kappa shape index (κ3) is 3.96. The van der Waals surface area contributed by atoms with Gasteiger partial charge in [0.2, 0.25) is 0 Å². The van der Waals surface area contributed by atoms with E-state index in [2.05, 4.69) is 10.6 Å². The fourth-order valence-corrected chi connectivity index (χ4v) is 1.97. The van der Waals surface area contributed by atoms with Crippen LogP contribution in [0, 0.1) is 5.82 Å². The summed E-state index contributed by atoms with van der Waals surface area (Å²) in [6.07, 6.45) is 0.615. The molecule has 0 spiro atoms. The molecule has 0 aliphatic rings. The smallest absolute Gasteiger partial charge is 0.319 e. The van der Waals surface area contributed by atoms with Crippen LogP contribution in [-0.4, -0.2) is 12.6 Å². The van der Waals surface area contributed by atoms with Crippen LogP contribution >= 0.6 is 11.6 Å². The number of rotatable bonds is 4. The summed E-state index contributed by atoms with van der Waals surface area (Å²) in [6, 6.07) is 13.0. The highest BCUT2D eigenvalue weighted by molar-refractivity contribution is 6.31. The lowest BCUT2D eigenvalue weighted by molar-refractivity contribution is 0.252. The van der Waals surface area contributed by atoms with E-state index in [0.29, 0.717) is 18.0 Å². The molecule has 0 unspecified atom stereocenters. The van der Waals surface area contributed by atoms with Gasteiger partial charge in [-0.1, -0.05) is 41.9 Å². The fourth-order valence-electron chi connectivity index (χ4n) is 1.74. The first-order chi connectivity index (χ1) is 9.66. The van der Waals surface area contributed by atoms with E-state index in [1.54, 1.807) is 18.2 Å². The van der Waals surface area contributed by atoms with Crippen LogP contribution in [0.15, 0.2) is 48.5 Å². The second-order valence-corrected chi connectivity index (χ2v) is 4.61. The number of hydrogen-bond acceptors (Lipinski definition) is 1. The number of halogens is 2. The Labute approximate surface area is 121 Å². The van der Waals surface area contributed by atoms with Crippen LogP contribution in [0.1, 0.15) is 5.56 Å². The summed E-state index contributed by atoms with van der Waals surface area (Å²) in [5, 5.41) is 5.78. The highest BCUT2D eigenvalue weighted by atomic mass is 35.5. The molecule has 0 saturated carbocycles. The van der Waals surface area contributed by atoms with Crippen LogP contribution in [-0.2, 0) is 6.42 Å². The Morgan fingerprint density at radius 2 is 1.80 bits per heavy atom. The minimum absolute atomic E-state index is 0.155. The van der Waals surface area contributed by atoms with Crippen molar-refractivity contribution in [2.45, 2.75) is 6.42 Å². The van der Waals surface area contributed by atoms with Gasteiger partial charge in [-0.2, -0.15) is 0 Å². The maximum atomic E-state index is 13.3. The van der Waals surface area contributed by atoms with Gasteiger partial charge in [0, 0.05) is 11.6 Å². The van der Waals surface area contributed by atoms with Crippen molar-refractivity contribution in [3.63, 3.8) is 0 Å². The van der Waals surface area contributed by atoms with Crippen LogP contribution in [0.4, 0.5) is 14.9 Å². The summed E-state index contributed by atoms with van der Waals surface area (Å²) < 4.78 is 13.3. The summed E-state index contributed by atoms with van der Waals surface area (Å²) in [6.45, 7) is 0.421. The average molecular weight is 293 g/mol. The Morgan fingerprint density at radius 1 is 1.10 bits per heavy atom. The van der Waals surface area contributed by atoms with Crippen molar-refractivity contribution in [1.29, 1.82) is 0 Å². The van der Waals surface area contributed by atoms with Gasteiger partial charge in [0.25, 0.3) is 0 Å². The van der Waals surface area contributed by atoms with Crippen LogP contribution in [0.2, 0.25) is 5.02 Å². The van der Waals surface area contributed by atoms with Crippen molar-refractivity contribution in [2.24, 2.45) is 0 Å². The van der Waals surface area contributed by atoms with E-state index in [1.807, 2.05) is 18.2 Å². The summed E-state index contributed by atoms with van der Waals surface area (Å²) in [5.74, 6) is -0.464. The van der Waals surface area contributed by atoms with Crippen molar-refractivity contribution < 1.29 is 9.18 Å². The molecule has 5 heteroatoms. The van der Waals surface area contributed by atoms with Crippen molar-refractivity contribution >= 4 is 23.3 Å². The van der Waals surface area contributed by atoms with Crippen molar-refractivity contribution in [1.82, 2.24) is 5.32 Å². The molecule has 0 radical (unpaired) electrons. The van der Waals surface area contributed by atoms with E-state index in [1.165, 1.54) is 12.1 Å². The molecule has 2 amide bonds. The van der Waals surface area contributed by atoms with Crippen LogP contribution in [0.5, 0.6) is 0 Å². The van der Waals surface area contributed by atoms with E-state index >= 15 is 0 Å². The first-order valence-corrected chi connectivity index (χ1v) is 6.57. The number of nitrogens with one attached hydrogen (secondary N) is 2.